The molecule has 4 unspecified atom stereocenters. The van der Waals surface area contributed by atoms with E-state index >= 15 is 0 Å². The molecule has 1 aliphatic rings. The molecule has 1 aromatic rings. The minimum absolute atomic E-state index is 0.00786. The lowest BCUT2D eigenvalue weighted by Gasteiger charge is -2.34. The molecule has 0 spiro atoms. The van der Waals surface area contributed by atoms with Gasteiger partial charge in [-0.2, -0.15) is 0 Å². The molecular weight excluding hydrogens is 250 g/mol. The van der Waals surface area contributed by atoms with Crippen LogP contribution < -0.4 is 10.5 Å². The van der Waals surface area contributed by atoms with Crippen LogP contribution in [-0.2, 0) is 4.74 Å². The average Bonchev–Trinajstić information content (AvgIpc) is 2.48. The van der Waals surface area contributed by atoms with Crippen molar-refractivity contribution in [3.05, 3.63) is 29.8 Å². The first-order valence-corrected chi connectivity index (χ1v) is 7.63. The maximum Gasteiger partial charge on any atom is 0.118 e. The Kier molecular flexibility index (Phi) is 5.44. The second-order valence-corrected chi connectivity index (χ2v) is 6.02. The van der Waals surface area contributed by atoms with Crippen LogP contribution in [0.4, 0.5) is 0 Å². The van der Waals surface area contributed by atoms with Gasteiger partial charge in [0, 0.05) is 6.54 Å². The normalized spacial score (nSPS) is 28.1. The van der Waals surface area contributed by atoms with Gasteiger partial charge in [0.2, 0.25) is 0 Å². The van der Waals surface area contributed by atoms with Crippen molar-refractivity contribution in [2.45, 2.75) is 45.3 Å². The lowest BCUT2D eigenvalue weighted by Crippen LogP contribution is -2.30. The van der Waals surface area contributed by atoms with Crippen LogP contribution >= 0.6 is 0 Å². The second kappa shape index (κ2) is 7.09. The van der Waals surface area contributed by atoms with Gasteiger partial charge in [-0.1, -0.05) is 26.0 Å². The number of hydrogen-bond acceptors (Lipinski definition) is 3. The van der Waals surface area contributed by atoms with E-state index in [1.165, 1.54) is 6.42 Å². The van der Waals surface area contributed by atoms with E-state index in [1.54, 1.807) is 7.11 Å². The highest BCUT2D eigenvalue weighted by Crippen LogP contribution is 2.33. The zero-order valence-corrected chi connectivity index (χ0v) is 12.8. The van der Waals surface area contributed by atoms with E-state index in [-0.39, 0.29) is 6.10 Å². The van der Waals surface area contributed by atoms with Gasteiger partial charge in [-0.25, -0.2) is 0 Å². The van der Waals surface area contributed by atoms with Crippen LogP contribution in [0.1, 0.15) is 44.8 Å². The standard InChI is InChI=1S/C17H27NO2/c1-12-4-7-16(10-13(12)2)20-17(11-18)14-5-8-15(19-3)9-6-14/h5-6,8-9,12-13,16-17H,4,7,10-11,18H2,1-3H3. The molecule has 0 aromatic heterocycles. The molecular formula is C17H27NO2. The van der Waals surface area contributed by atoms with Crippen molar-refractivity contribution in [2.75, 3.05) is 13.7 Å². The minimum Gasteiger partial charge on any atom is -0.497 e. The largest absolute Gasteiger partial charge is 0.497 e. The van der Waals surface area contributed by atoms with Gasteiger partial charge in [0.05, 0.1) is 19.3 Å². The number of ether oxygens (including phenoxy) is 2. The van der Waals surface area contributed by atoms with Gasteiger partial charge in [0.15, 0.2) is 0 Å². The molecule has 1 aliphatic carbocycles. The Labute approximate surface area is 122 Å². The third-order valence-corrected chi connectivity index (χ3v) is 4.61. The number of benzene rings is 1. The van der Waals surface area contributed by atoms with E-state index in [9.17, 15) is 0 Å². The Hall–Kier alpha value is -1.06. The summed E-state index contributed by atoms with van der Waals surface area (Å²) >= 11 is 0. The fourth-order valence-corrected chi connectivity index (χ4v) is 2.94. The summed E-state index contributed by atoms with van der Waals surface area (Å²) in [4.78, 5) is 0. The first-order chi connectivity index (χ1) is 9.63. The molecule has 0 heterocycles. The predicted molar refractivity (Wildman–Crippen MR) is 81.8 cm³/mol. The molecule has 0 aliphatic heterocycles. The SMILES string of the molecule is COc1ccc(C(CN)OC2CCC(C)C(C)C2)cc1. The maximum absolute atomic E-state index is 6.25. The van der Waals surface area contributed by atoms with Crippen molar-refractivity contribution in [3.63, 3.8) is 0 Å². The molecule has 3 nitrogen and oxygen atoms in total. The Morgan fingerprint density at radius 3 is 2.40 bits per heavy atom. The third-order valence-electron chi connectivity index (χ3n) is 4.61. The highest BCUT2D eigenvalue weighted by atomic mass is 16.5. The van der Waals surface area contributed by atoms with E-state index < -0.39 is 0 Å². The average molecular weight is 277 g/mol. The Morgan fingerprint density at radius 1 is 1.15 bits per heavy atom. The highest BCUT2D eigenvalue weighted by Gasteiger charge is 2.27. The monoisotopic (exact) mass is 277 g/mol. The summed E-state index contributed by atoms with van der Waals surface area (Å²) in [6.07, 6.45) is 3.89. The molecule has 1 saturated carbocycles. The van der Waals surface area contributed by atoms with E-state index in [2.05, 4.69) is 13.8 Å². The zero-order chi connectivity index (χ0) is 14.5. The number of rotatable bonds is 5. The van der Waals surface area contributed by atoms with Crippen molar-refractivity contribution in [1.29, 1.82) is 0 Å². The summed E-state index contributed by atoms with van der Waals surface area (Å²) in [7, 11) is 1.68. The van der Waals surface area contributed by atoms with Crippen LogP contribution in [0.15, 0.2) is 24.3 Å². The quantitative estimate of drug-likeness (QED) is 0.895. The highest BCUT2D eigenvalue weighted by molar-refractivity contribution is 5.28. The molecule has 20 heavy (non-hydrogen) atoms. The van der Waals surface area contributed by atoms with Gasteiger partial charge >= 0.3 is 0 Å². The topological polar surface area (TPSA) is 44.5 Å². The first-order valence-electron chi connectivity index (χ1n) is 7.63. The second-order valence-electron chi connectivity index (χ2n) is 6.02. The summed E-state index contributed by atoms with van der Waals surface area (Å²) in [5.41, 5.74) is 7.04. The van der Waals surface area contributed by atoms with E-state index in [0.717, 1.165) is 36.0 Å². The fourth-order valence-electron chi connectivity index (χ4n) is 2.94. The summed E-state index contributed by atoms with van der Waals surface area (Å²) in [5, 5.41) is 0. The summed E-state index contributed by atoms with van der Waals surface area (Å²) < 4.78 is 11.4. The molecule has 0 bridgehead atoms. The van der Waals surface area contributed by atoms with Crippen LogP contribution in [0.2, 0.25) is 0 Å². The van der Waals surface area contributed by atoms with Crippen molar-refractivity contribution in [3.8, 4) is 5.75 Å². The van der Waals surface area contributed by atoms with Crippen LogP contribution in [0.3, 0.4) is 0 Å². The molecule has 2 rings (SSSR count). The van der Waals surface area contributed by atoms with E-state index in [4.69, 9.17) is 15.2 Å². The Bertz CT molecular complexity index is 404. The van der Waals surface area contributed by atoms with Gasteiger partial charge in [-0.3, -0.25) is 0 Å². The first kappa shape index (κ1) is 15.3. The Balaban J connectivity index is 1.97. The summed E-state index contributed by atoms with van der Waals surface area (Å²) in [6, 6.07) is 8.02. The van der Waals surface area contributed by atoms with Gasteiger partial charge in [0.25, 0.3) is 0 Å². The molecule has 112 valence electrons. The van der Waals surface area contributed by atoms with Crippen molar-refractivity contribution in [2.24, 2.45) is 17.6 Å². The molecule has 1 aromatic carbocycles. The van der Waals surface area contributed by atoms with Gasteiger partial charge in [-0.05, 0) is 48.8 Å². The minimum atomic E-state index is -0.00786. The third kappa shape index (κ3) is 3.74. The molecule has 4 atom stereocenters. The summed E-state index contributed by atoms with van der Waals surface area (Å²) in [5.74, 6) is 2.42. The fraction of sp³-hybridized carbons (Fsp3) is 0.647. The van der Waals surface area contributed by atoms with Crippen molar-refractivity contribution >= 4 is 0 Å². The molecule has 2 N–H and O–H groups in total. The maximum atomic E-state index is 6.25. The number of nitrogens with two attached hydrogens (primary N) is 1. The van der Waals surface area contributed by atoms with E-state index in [1.807, 2.05) is 24.3 Å². The molecule has 0 radical (unpaired) electrons. The summed E-state index contributed by atoms with van der Waals surface area (Å²) in [6.45, 7) is 5.18. The van der Waals surface area contributed by atoms with Crippen molar-refractivity contribution in [1.82, 2.24) is 0 Å². The predicted octanol–water partition coefficient (Wildman–Crippen LogP) is 3.54. The number of methoxy groups -OCH3 is 1. The van der Waals surface area contributed by atoms with Gasteiger partial charge < -0.3 is 15.2 Å². The zero-order valence-electron chi connectivity index (χ0n) is 12.8. The van der Waals surface area contributed by atoms with E-state index in [0.29, 0.717) is 12.6 Å². The lowest BCUT2D eigenvalue weighted by atomic mass is 9.80. The molecule has 0 saturated heterocycles. The van der Waals surface area contributed by atoms with Gasteiger partial charge in [-0.15, -0.1) is 0 Å². The van der Waals surface area contributed by atoms with Crippen LogP contribution in [0.5, 0.6) is 5.75 Å². The van der Waals surface area contributed by atoms with Crippen LogP contribution in [0.25, 0.3) is 0 Å². The lowest BCUT2D eigenvalue weighted by molar-refractivity contribution is -0.0449. The molecule has 0 amide bonds. The van der Waals surface area contributed by atoms with Crippen molar-refractivity contribution < 1.29 is 9.47 Å². The van der Waals surface area contributed by atoms with Crippen LogP contribution in [0, 0.1) is 11.8 Å². The Morgan fingerprint density at radius 2 is 1.85 bits per heavy atom. The number of hydrogen-bond donors (Lipinski definition) is 1. The van der Waals surface area contributed by atoms with Crippen LogP contribution in [-0.4, -0.2) is 19.8 Å². The molecule has 1 fully saturated rings. The molecule has 3 heteroatoms. The van der Waals surface area contributed by atoms with Gasteiger partial charge in [0.1, 0.15) is 5.75 Å². The smallest absolute Gasteiger partial charge is 0.118 e.